The third kappa shape index (κ3) is 3.04. The minimum absolute atomic E-state index is 0.130. The van der Waals surface area contributed by atoms with Gasteiger partial charge >= 0.3 is 0 Å². The largest absolute Gasteiger partial charge is 0.358 e. The van der Waals surface area contributed by atoms with Gasteiger partial charge in [-0.2, -0.15) is 0 Å². The fourth-order valence-electron chi connectivity index (χ4n) is 3.75. The zero-order valence-corrected chi connectivity index (χ0v) is 16.5. The van der Waals surface area contributed by atoms with Crippen molar-refractivity contribution < 1.29 is 13.2 Å². The van der Waals surface area contributed by atoms with E-state index in [1.807, 2.05) is 32.0 Å². The summed E-state index contributed by atoms with van der Waals surface area (Å²) >= 11 is 0. The highest BCUT2D eigenvalue weighted by molar-refractivity contribution is 7.92. The first-order valence-electron chi connectivity index (χ1n) is 9.05. The summed E-state index contributed by atoms with van der Waals surface area (Å²) in [6.07, 6.45) is 2.20. The fraction of sp³-hybridized carbons (Fsp3) is 0.286. The molecular weight excluding hydrogens is 360 g/mol. The molecular formula is C21H22N2O3S. The van der Waals surface area contributed by atoms with Crippen molar-refractivity contribution in [1.82, 2.24) is 4.98 Å². The van der Waals surface area contributed by atoms with Crippen LogP contribution in [0.1, 0.15) is 45.6 Å². The van der Waals surface area contributed by atoms with Crippen LogP contribution in [0, 0.1) is 20.8 Å². The smallest absolute Gasteiger partial charge is 0.262 e. The van der Waals surface area contributed by atoms with Crippen LogP contribution in [-0.4, -0.2) is 19.2 Å². The molecule has 140 valence electrons. The van der Waals surface area contributed by atoms with Crippen molar-refractivity contribution in [2.45, 2.75) is 44.9 Å². The predicted molar refractivity (Wildman–Crippen MR) is 107 cm³/mol. The number of hydrogen-bond donors (Lipinski definition) is 2. The molecule has 0 radical (unpaired) electrons. The van der Waals surface area contributed by atoms with Gasteiger partial charge in [0.15, 0.2) is 5.78 Å². The van der Waals surface area contributed by atoms with Gasteiger partial charge in [-0.3, -0.25) is 9.52 Å². The molecule has 1 aromatic heterocycles. The Morgan fingerprint density at radius 3 is 2.48 bits per heavy atom. The summed E-state index contributed by atoms with van der Waals surface area (Å²) in [6, 6.07) is 8.93. The maximum Gasteiger partial charge on any atom is 0.262 e. The number of aromatic amines is 1. The molecule has 0 spiro atoms. The predicted octanol–water partition coefficient (Wildman–Crippen LogP) is 4.41. The van der Waals surface area contributed by atoms with E-state index in [0.717, 1.165) is 40.6 Å². The lowest BCUT2D eigenvalue weighted by Gasteiger charge is -2.12. The molecule has 0 amide bonds. The summed E-state index contributed by atoms with van der Waals surface area (Å²) in [7, 11) is -3.73. The van der Waals surface area contributed by atoms with Crippen LogP contribution in [0.25, 0.3) is 10.9 Å². The van der Waals surface area contributed by atoms with E-state index in [4.69, 9.17) is 0 Å². The molecule has 1 aliphatic carbocycles. The summed E-state index contributed by atoms with van der Waals surface area (Å²) in [4.78, 5) is 15.8. The quantitative estimate of drug-likeness (QED) is 0.704. The molecule has 0 bridgehead atoms. The standard InChI is InChI=1S/C21H22N2O3S/c1-12-7-8-15(9-13(12)2)23-27(25,26)20-11-18-16(10-14(20)3)21-17(22-18)5-4-6-19(21)24/h7-11,22-23H,4-6H2,1-3H3. The second-order valence-electron chi connectivity index (χ2n) is 7.32. The number of sulfonamides is 1. The molecule has 0 saturated carbocycles. The van der Waals surface area contributed by atoms with Crippen molar-refractivity contribution in [2.24, 2.45) is 0 Å². The Morgan fingerprint density at radius 1 is 0.963 bits per heavy atom. The molecule has 2 N–H and O–H groups in total. The van der Waals surface area contributed by atoms with E-state index in [9.17, 15) is 13.2 Å². The molecule has 3 aromatic rings. The van der Waals surface area contributed by atoms with Crippen LogP contribution in [0.15, 0.2) is 35.2 Å². The summed E-state index contributed by atoms with van der Waals surface area (Å²) in [5.41, 5.74) is 5.64. The van der Waals surface area contributed by atoms with Gasteiger partial charge in [0.25, 0.3) is 10.0 Å². The number of hydrogen-bond acceptors (Lipinski definition) is 3. The molecule has 0 fully saturated rings. The molecule has 1 heterocycles. The van der Waals surface area contributed by atoms with Gasteiger partial charge in [0.05, 0.1) is 4.90 Å². The third-order valence-electron chi connectivity index (χ3n) is 5.33. The summed E-state index contributed by atoms with van der Waals surface area (Å²) < 4.78 is 28.6. The lowest BCUT2D eigenvalue weighted by molar-refractivity contribution is 0.0974. The van der Waals surface area contributed by atoms with E-state index < -0.39 is 10.0 Å². The number of Topliss-reactive ketones (excluding diaryl/α,β-unsaturated/α-hetero) is 1. The van der Waals surface area contributed by atoms with Gasteiger partial charge in [0.1, 0.15) is 0 Å². The van der Waals surface area contributed by atoms with Crippen LogP contribution in [0.4, 0.5) is 5.69 Å². The summed E-state index contributed by atoms with van der Waals surface area (Å²) in [5.74, 6) is 0.130. The van der Waals surface area contributed by atoms with Gasteiger partial charge in [-0.1, -0.05) is 6.07 Å². The van der Waals surface area contributed by atoms with Gasteiger partial charge in [0, 0.05) is 34.3 Å². The van der Waals surface area contributed by atoms with Gasteiger partial charge in [-0.05, 0) is 74.6 Å². The number of anilines is 1. The minimum Gasteiger partial charge on any atom is -0.358 e. The number of aromatic nitrogens is 1. The lowest BCUT2D eigenvalue weighted by Crippen LogP contribution is -2.14. The average Bonchev–Trinajstić information content (AvgIpc) is 2.96. The first-order valence-corrected chi connectivity index (χ1v) is 10.5. The highest BCUT2D eigenvalue weighted by Crippen LogP contribution is 2.32. The number of aryl methyl sites for hydroxylation is 4. The Labute approximate surface area is 158 Å². The number of nitrogens with one attached hydrogen (secondary N) is 2. The lowest BCUT2D eigenvalue weighted by atomic mass is 9.94. The highest BCUT2D eigenvalue weighted by Gasteiger charge is 2.25. The molecule has 2 aromatic carbocycles. The van der Waals surface area contributed by atoms with E-state index in [0.29, 0.717) is 23.2 Å². The van der Waals surface area contributed by atoms with Crippen LogP contribution in [0.2, 0.25) is 0 Å². The molecule has 0 unspecified atom stereocenters. The van der Waals surface area contributed by atoms with Crippen LogP contribution in [0.5, 0.6) is 0 Å². The van der Waals surface area contributed by atoms with Crippen LogP contribution in [-0.2, 0) is 16.4 Å². The van der Waals surface area contributed by atoms with Crippen molar-refractivity contribution >= 4 is 32.4 Å². The van der Waals surface area contributed by atoms with E-state index in [1.54, 1.807) is 19.1 Å². The Bertz CT molecular complexity index is 1190. The molecule has 6 heteroatoms. The topological polar surface area (TPSA) is 79.0 Å². The molecule has 0 aliphatic heterocycles. The Hall–Kier alpha value is -2.60. The third-order valence-corrected chi connectivity index (χ3v) is 6.85. The average molecular weight is 382 g/mol. The zero-order valence-electron chi connectivity index (χ0n) is 15.6. The van der Waals surface area contributed by atoms with Gasteiger partial charge in [-0.15, -0.1) is 0 Å². The second kappa shape index (κ2) is 6.23. The zero-order chi connectivity index (χ0) is 19.3. The minimum atomic E-state index is -3.73. The number of ketones is 1. The Balaban J connectivity index is 1.79. The SMILES string of the molecule is Cc1ccc(NS(=O)(=O)c2cc3[nH]c4c(c3cc2C)C(=O)CCC4)cc1C. The van der Waals surface area contributed by atoms with E-state index in [2.05, 4.69) is 9.71 Å². The Morgan fingerprint density at radius 2 is 1.74 bits per heavy atom. The molecule has 5 nitrogen and oxygen atoms in total. The summed E-state index contributed by atoms with van der Waals surface area (Å²) in [5, 5.41) is 0.817. The number of fused-ring (bicyclic) bond motifs is 3. The van der Waals surface area contributed by atoms with Crippen molar-refractivity contribution in [2.75, 3.05) is 4.72 Å². The Kier molecular flexibility index (Phi) is 4.11. The van der Waals surface area contributed by atoms with E-state index in [-0.39, 0.29) is 10.7 Å². The van der Waals surface area contributed by atoms with Gasteiger partial charge < -0.3 is 4.98 Å². The van der Waals surface area contributed by atoms with Crippen LogP contribution >= 0.6 is 0 Å². The molecule has 27 heavy (non-hydrogen) atoms. The van der Waals surface area contributed by atoms with Crippen molar-refractivity contribution in [3.05, 3.63) is 58.3 Å². The number of benzene rings is 2. The normalized spacial score (nSPS) is 14.4. The number of rotatable bonds is 3. The molecule has 0 atom stereocenters. The van der Waals surface area contributed by atoms with Gasteiger partial charge in [-0.25, -0.2) is 8.42 Å². The molecule has 4 rings (SSSR count). The van der Waals surface area contributed by atoms with E-state index >= 15 is 0 Å². The van der Waals surface area contributed by atoms with Crippen molar-refractivity contribution in [3.63, 3.8) is 0 Å². The molecule has 0 saturated heterocycles. The fourth-order valence-corrected chi connectivity index (χ4v) is 5.05. The van der Waals surface area contributed by atoms with E-state index in [1.165, 1.54) is 0 Å². The van der Waals surface area contributed by atoms with Crippen LogP contribution < -0.4 is 4.72 Å². The highest BCUT2D eigenvalue weighted by atomic mass is 32.2. The first kappa shape index (κ1) is 17.8. The number of carbonyl (C=O) groups excluding carboxylic acids is 1. The summed E-state index contributed by atoms with van der Waals surface area (Å²) in [6.45, 7) is 5.70. The first-order chi connectivity index (χ1) is 12.8. The maximum atomic E-state index is 13.0. The van der Waals surface area contributed by atoms with Crippen molar-refractivity contribution in [1.29, 1.82) is 0 Å². The molecule has 1 aliphatic rings. The number of H-pyrrole nitrogens is 1. The monoisotopic (exact) mass is 382 g/mol. The van der Waals surface area contributed by atoms with Gasteiger partial charge in [0.2, 0.25) is 0 Å². The van der Waals surface area contributed by atoms with Crippen molar-refractivity contribution in [3.8, 4) is 0 Å². The second-order valence-corrected chi connectivity index (χ2v) is 8.97. The number of carbonyl (C=O) groups is 1. The maximum absolute atomic E-state index is 13.0. The van der Waals surface area contributed by atoms with Crippen LogP contribution in [0.3, 0.4) is 0 Å².